The molecular formula is C10H10ClNO3. The minimum atomic E-state index is -1.05. The molecule has 80 valence electrons. The maximum absolute atomic E-state index is 11.2. The first-order chi connectivity index (χ1) is 7.06. The van der Waals surface area contributed by atoms with Crippen molar-refractivity contribution in [3.8, 4) is 0 Å². The Balaban J connectivity index is 2.43. The minimum absolute atomic E-state index is 0.201. The summed E-state index contributed by atoms with van der Waals surface area (Å²) in [5, 5.41) is 18.6. The molecule has 0 spiro atoms. The van der Waals surface area contributed by atoms with Gasteiger partial charge in [0.2, 0.25) is 0 Å². The second kappa shape index (κ2) is 3.47. The van der Waals surface area contributed by atoms with Crippen molar-refractivity contribution in [2.24, 2.45) is 0 Å². The molecule has 1 aliphatic rings. The number of carbonyl (C=O) groups is 1. The van der Waals surface area contributed by atoms with Gasteiger partial charge in [-0.25, -0.2) is 4.98 Å². The van der Waals surface area contributed by atoms with Crippen molar-refractivity contribution in [2.45, 2.75) is 24.4 Å². The third-order valence-electron chi connectivity index (χ3n) is 2.85. The highest BCUT2D eigenvalue weighted by Gasteiger charge is 2.52. The van der Waals surface area contributed by atoms with Crippen molar-refractivity contribution >= 4 is 17.6 Å². The molecular weight excluding hydrogens is 218 g/mol. The van der Waals surface area contributed by atoms with Gasteiger partial charge in [-0.1, -0.05) is 17.7 Å². The van der Waals surface area contributed by atoms with E-state index in [9.17, 15) is 15.0 Å². The Bertz CT molecular complexity index is 401. The molecule has 2 N–H and O–H groups in total. The topological polar surface area (TPSA) is 70.4 Å². The van der Waals surface area contributed by atoms with Gasteiger partial charge in [-0.3, -0.25) is 4.79 Å². The second-order valence-electron chi connectivity index (χ2n) is 3.79. The van der Waals surface area contributed by atoms with Gasteiger partial charge in [-0.2, -0.15) is 0 Å². The molecule has 1 aromatic rings. The summed E-state index contributed by atoms with van der Waals surface area (Å²) in [4.78, 5) is 15.1. The largest absolute Gasteiger partial charge is 0.481 e. The minimum Gasteiger partial charge on any atom is -0.481 e. The summed E-state index contributed by atoms with van der Waals surface area (Å²) in [7, 11) is 0. The van der Waals surface area contributed by atoms with Crippen molar-refractivity contribution in [1.82, 2.24) is 4.98 Å². The predicted octanol–water partition coefficient (Wildman–Crippen LogP) is 1.21. The van der Waals surface area contributed by atoms with Gasteiger partial charge in [0.15, 0.2) is 0 Å². The van der Waals surface area contributed by atoms with E-state index in [1.165, 1.54) is 6.20 Å². The second-order valence-corrected chi connectivity index (χ2v) is 4.15. The normalized spacial score (nSPS) is 29.6. The van der Waals surface area contributed by atoms with Gasteiger partial charge < -0.3 is 10.2 Å². The lowest BCUT2D eigenvalue weighted by Crippen LogP contribution is -2.50. The van der Waals surface area contributed by atoms with Crippen molar-refractivity contribution in [3.05, 3.63) is 29.0 Å². The van der Waals surface area contributed by atoms with Crippen LogP contribution in [0, 0.1) is 0 Å². The van der Waals surface area contributed by atoms with Crippen LogP contribution in [0.1, 0.15) is 18.4 Å². The third-order valence-corrected chi connectivity index (χ3v) is 3.15. The van der Waals surface area contributed by atoms with Crippen LogP contribution in [0.2, 0.25) is 5.15 Å². The van der Waals surface area contributed by atoms with E-state index >= 15 is 0 Å². The molecule has 0 unspecified atom stereocenters. The third kappa shape index (κ3) is 1.50. The molecule has 1 fully saturated rings. The lowest BCUT2D eigenvalue weighted by Gasteiger charge is -2.42. The van der Waals surface area contributed by atoms with Crippen LogP contribution < -0.4 is 0 Å². The van der Waals surface area contributed by atoms with Gasteiger partial charge in [0.05, 0.1) is 6.10 Å². The number of carboxylic acids is 1. The van der Waals surface area contributed by atoms with Crippen LogP contribution in [0.15, 0.2) is 18.3 Å². The van der Waals surface area contributed by atoms with Gasteiger partial charge in [-0.15, -0.1) is 0 Å². The number of rotatable bonds is 2. The Labute approximate surface area is 91.5 Å². The SMILES string of the molecule is O=C(O)C1(c2cccnc2Cl)CC(O)C1. The molecule has 4 nitrogen and oxygen atoms in total. The number of aliphatic hydroxyl groups excluding tert-OH is 1. The number of hydrogen-bond acceptors (Lipinski definition) is 3. The lowest BCUT2D eigenvalue weighted by atomic mass is 9.63. The van der Waals surface area contributed by atoms with Crippen molar-refractivity contribution in [2.75, 3.05) is 0 Å². The molecule has 0 aliphatic heterocycles. The number of aliphatic hydroxyl groups is 1. The first-order valence-corrected chi connectivity index (χ1v) is 4.96. The van der Waals surface area contributed by atoms with Gasteiger partial charge >= 0.3 is 5.97 Å². The van der Waals surface area contributed by atoms with E-state index in [0.717, 1.165) is 0 Å². The molecule has 0 radical (unpaired) electrons. The monoisotopic (exact) mass is 227 g/mol. The number of halogens is 1. The van der Waals surface area contributed by atoms with Gasteiger partial charge in [-0.05, 0) is 18.9 Å². The average Bonchev–Trinajstić information content (AvgIpc) is 2.13. The molecule has 5 heteroatoms. The molecule has 1 heterocycles. The van der Waals surface area contributed by atoms with Gasteiger partial charge in [0.1, 0.15) is 10.6 Å². The Morgan fingerprint density at radius 3 is 2.73 bits per heavy atom. The Morgan fingerprint density at radius 2 is 2.27 bits per heavy atom. The molecule has 0 atom stereocenters. The number of aliphatic carboxylic acids is 1. The van der Waals surface area contributed by atoms with Crippen LogP contribution in [0.4, 0.5) is 0 Å². The van der Waals surface area contributed by atoms with E-state index < -0.39 is 17.5 Å². The lowest BCUT2D eigenvalue weighted by molar-refractivity contribution is -0.152. The van der Waals surface area contributed by atoms with E-state index in [1.54, 1.807) is 12.1 Å². The van der Waals surface area contributed by atoms with Crippen molar-refractivity contribution in [1.29, 1.82) is 0 Å². The van der Waals surface area contributed by atoms with Gasteiger partial charge in [0, 0.05) is 11.8 Å². The number of nitrogens with zero attached hydrogens (tertiary/aromatic N) is 1. The summed E-state index contributed by atoms with van der Waals surface area (Å²) in [6.07, 6.45) is 1.36. The van der Waals surface area contributed by atoms with Crippen LogP contribution in [0.3, 0.4) is 0 Å². The molecule has 2 rings (SSSR count). The van der Waals surface area contributed by atoms with Crippen molar-refractivity contribution < 1.29 is 15.0 Å². The number of aromatic nitrogens is 1. The number of pyridine rings is 1. The fraction of sp³-hybridized carbons (Fsp3) is 0.400. The first-order valence-electron chi connectivity index (χ1n) is 4.59. The fourth-order valence-electron chi connectivity index (χ4n) is 2.00. The zero-order valence-electron chi connectivity index (χ0n) is 7.85. The fourth-order valence-corrected chi connectivity index (χ4v) is 2.30. The maximum atomic E-state index is 11.2. The Hall–Kier alpha value is -1.13. The summed E-state index contributed by atoms with van der Waals surface area (Å²) in [5.41, 5.74) is -0.561. The van der Waals surface area contributed by atoms with Crippen LogP contribution >= 0.6 is 11.6 Å². The summed E-state index contributed by atoms with van der Waals surface area (Å²) >= 11 is 5.86. The predicted molar refractivity (Wildman–Crippen MR) is 53.8 cm³/mol. The molecule has 0 amide bonds. The molecule has 15 heavy (non-hydrogen) atoms. The van der Waals surface area contributed by atoms with Crippen LogP contribution in [-0.4, -0.2) is 27.3 Å². The quantitative estimate of drug-likeness (QED) is 0.746. The smallest absolute Gasteiger partial charge is 0.314 e. The molecule has 1 aliphatic carbocycles. The number of carboxylic acid groups (broad SMARTS) is 1. The van der Waals surface area contributed by atoms with Crippen LogP contribution in [-0.2, 0) is 10.2 Å². The summed E-state index contributed by atoms with van der Waals surface area (Å²) in [5.74, 6) is -0.956. The van der Waals surface area contributed by atoms with E-state index in [1.807, 2.05) is 0 Å². The first kappa shape index (κ1) is 10.4. The van der Waals surface area contributed by atoms with Crippen LogP contribution in [0.25, 0.3) is 0 Å². The van der Waals surface area contributed by atoms with E-state index in [2.05, 4.69) is 4.98 Å². The van der Waals surface area contributed by atoms with Crippen molar-refractivity contribution in [3.63, 3.8) is 0 Å². The molecule has 1 saturated carbocycles. The van der Waals surface area contributed by atoms with E-state index in [0.29, 0.717) is 5.56 Å². The highest BCUT2D eigenvalue weighted by atomic mass is 35.5. The van der Waals surface area contributed by atoms with Gasteiger partial charge in [0.25, 0.3) is 0 Å². The summed E-state index contributed by atoms with van der Waals surface area (Å²) < 4.78 is 0. The summed E-state index contributed by atoms with van der Waals surface area (Å²) in [6, 6.07) is 3.30. The average molecular weight is 228 g/mol. The van der Waals surface area contributed by atoms with E-state index in [4.69, 9.17) is 11.6 Å². The standard InChI is InChI=1S/C10H10ClNO3/c11-8-7(2-1-3-12-8)10(9(14)15)4-6(13)5-10/h1-3,6,13H,4-5H2,(H,14,15). The van der Waals surface area contributed by atoms with E-state index in [-0.39, 0.29) is 18.0 Å². The zero-order valence-corrected chi connectivity index (χ0v) is 8.61. The van der Waals surface area contributed by atoms with Crippen LogP contribution in [0.5, 0.6) is 0 Å². The highest BCUT2D eigenvalue weighted by molar-refractivity contribution is 6.30. The number of hydrogen-bond donors (Lipinski definition) is 2. The Kier molecular flexibility index (Phi) is 2.40. The Morgan fingerprint density at radius 1 is 1.60 bits per heavy atom. The molecule has 0 aromatic carbocycles. The highest BCUT2D eigenvalue weighted by Crippen LogP contribution is 2.46. The zero-order chi connectivity index (χ0) is 11.1. The molecule has 0 saturated heterocycles. The maximum Gasteiger partial charge on any atom is 0.314 e. The molecule has 1 aromatic heterocycles. The molecule has 0 bridgehead atoms. The summed E-state index contributed by atoms with van der Waals surface area (Å²) in [6.45, 7) is 0.